The SMILES string of the molecule is Cn1c2ccccc2n2c3nc(N4CCNC(=O)C4)ccc3c(=O)c(C(=O)NCCN3CCCC3)c12. The summed E-state index contributed by atoms with van der Waals surface area (Å²) in [6.45, 7) is 4.74. The number of aromatic nitrogens is 3. The number of nitrogens with zero attached hydrogens (tertiary/aromatic N) is 5. The van der Waals surface area contributed by atoms with E-state index in [1.165, 1.54) is 12.8 Å². The Morgan fingerprint density at radius 1 is 1.06 bits per heavy atom. The molecule has 0 saturated carbocycles. The second-order valence-electron chi connectivity index (χ2n) is 9.53. The Kier molecular flexibility index (Phi) is 5.60. The van der Waals surface area contributed by atoms with Crippen molar-refractivity contribution in [3.63, 3.8) is 0 Å². The Morgan fingerprint density at radius 2 is 1.83 bits per heavy atom. The molecular formula is C26H29N7O3. The summed E-state index contributed by atoms with van der Waals surface area (Å²) in [5, 5.41) is 6.18. The number of piperazine rings is 1. The number of imidazole rings is 1. The van der Waals surface area contributed by atoms with Crippen molar-refractivity contribution in [1.82, 2.24) is 29.5 Å². The fraction of sp³-hybridized carbons (Fsp3) is 0.385. The van der Waals surface area contributed by atoms with Crippen LogP contribution in [0.15, 0.2) is 41.2 Å². The van der Waals surface area contributed by atoms with Gasteiger partial charge in [0.2, 0.25) is 11.3 Å². The molecule has 10 nitrogen and oxygen atoms in total. The number of benzene rings is 1. The molecular weight excluding hydrogens is 458 g/mol. The molecule has 10 heteroatoms. The highest BCUT2D eigenvalue weighted by molar-refractivity contribution is 6.06. The lowest BCUT2D eigenvalue weighted by Crippen LogP contribution is -2.48. The lowest BCUT2D eigenvalue weighted by atomic mass is 10.1. The first-order valence-electron chi connectivity index (χ1n) is 12.5. The number of amides is 2. The summed E-state index contributed by atoms with van der Waals surface area (Å²) < 4.78 is 3.78. The molecule has 5 heterocycles. The van der Waals surface area contributed by atoms with E-state index in [0.717, 1.165) is 30.7 Å². The average molecular weight is 488 g/mol. The van der Waals surface area contributed by atoms with E-state index >= 15 is 0 Å². The molecule has 0 atom stereocenters. The molecule has 0 aliphatic carbocycles. The number of hydrogen-bond donors (Lipinski definition) is 2. The van der Waals surface area contributed by atoms with Gasteiger partial charge in [0.15, 0.2) is 5.65 Å². The zero-order valence-electron chi connectivity index (χ0n) is 20.3. The van der Waals surface area contributed by atoms with Crippen LogP contribution in [0.25, 0.3) is 27.7 Å². The fourth-order valence-electron chi connectivity index (χ4n) is 5.47. The topological polar surface area (TPSA) is 104 Å². The number of para-hydroxylation sites is 2. The van der Waals surface area contributed by atoms with Crippen molar-refractivity contribution in [3.05, 3.63) is 52.2 Å². The van der Waals surface area contributed by atoms with Gasteiger partial charge in [0.1, 0.15) is 17.0 Å². The summed E-state index contributed by atoms with van der Waals surface area (Å²) in [7, 11) is 1.86. The molecule has 2 aliphatic heterocycles. The van der Waals surface area contributed by atoms with Crippen LogP contribution >= 0.6 is 0 Å². The van der Waals surface area contributed by atoms with Gasteiger partial charge in [0, 0.05) is 33.2 Å². The molecule has 0 spiro atoms. The normalized spacial score (nSPS) is 16.8. The Labute approximate surface area is 207 Å². The molecule has 1 aromatic carbocycles. The maximum absolute atomic E-state index is 13.8. The molecule has 186 valence electrons. The van der Waals surface area contributed by atoms with Gasteiger partial charge in [0.05, 0.1) is 23.0 Å². The molecule has 36 heavy (non-hydrogen) atoms. The number of anilines is 1. The number of carbonyl (C=O) groups excluding carboxylic acids is 2. The van der Waals surface area contributed by atoms with E-state index in [-0.39, 0.29) is 29.4 Å². The summed E-state index contributed by atoms with van der Waals surface area (Å²) in [5.74, 6) is 0.194. The first kappa shape index (κ1) is 22.5. The van der Waals surface area contributed by atoms with E-state index in [2.05, 4.69) is 15.5 Å². The van der Waals surface area contributed by atoms with Gasteiger partial charge < -0.3 is 25.0 Å². The van der Waals surface area contributed by atoms with Crippen molar-refractivity contribution in [2.45, 2.75) is 12.8 Å². The molecule has 2 N–H and O–H groups in total. The predicted molar refractivity (Wildman–Crippen MR) is 139 cm³/mol. The monoisotopic (exact) mass is 487 g/mol. The summed E-state index contributed by atoms with van der Waals surface area (Å²) >= 11 is 0. The molecule has 0 radical (unpaired) electrons. The predicted octanol–water partition coefficient (Wildman–Crippen LogP) is 1.10. The number of pyridine rings is 2. The molecule has 6 rings (SSSR count). The van der Waals surface area contributed by atoms with Gasteiger partial charge in [-0.1, -0.05) is 12.1 Å². The van der Waals surface area contributed by atoms with Gasteiger partial charge in [-0.3, -0.25) is 18.8 Å². The number of fused-ring (bicyclic) bond motifs is 5. The van der Waals surface area contributed by atoms with Crippen molar-refractivity contribution in [2.24, 2.45) is 7.05 Å². The maximum Gasteiger partial charge on any atom is 0.259 e. The molecule has 0 unspecified atom stereocenters. The van der Waals surface area contributed by atoms with Crippen molar-refractivity contribution < 1.29 is 9.59 Å². The third kappa shape index (κ3) is 3.69. The second kappa shape index (κ2) is 8.94. The van der Waals surface area contributed by atoms with Crippen LogP contribution in [0.2, 0.25) is 0 Å². The third-order valence-corrected chi connectivity index (χ3v) is 7.28. The molecule has 3 aromatic heterocycles. The number of aryl methyl sites for hydroxylation is 1. The van der Waals surface area contributed by atoms with E-state index in [9.17, 15) is 14.4 Å². The van der Waals surface area contributed by atoms with Gasteiger partial charge in [-0.2, -0.15) is 0 Å². The van der Waals surface area contributed by atoms with E-state index in [1.54, 1.807) is 12.1 Å². The van der Waals surface area contributed by atoms with Gasteiger partial charge in [-0.05, 0) is 50.2 Å². The summed E-state index contributed by atoms with van der Waals surface area (Å²) in [5.41, 5.74) is 2.50. The molecule has 2 fully saturated rings. The van der Waals surface area contributed by atoms with E-state index in [0.29, 0.717) is 42.1 Å². The van der Waals surface area contributed by atoms with E-state index in [1.807, 2.05) is 45.2 Å². The smallest absolute Gasteiger partial charge is 0.259 e. The van der Waals surface area contributed by atoms with Crippen LogP contribution in [-0.2, 0) is 11.8 Å². The Balaban J connectivity index is 1.51. The highest BCUT2D eigenvalue weighted by atomic mass is 16.2. The summed E-state index contributed by atoms with van der Waals surface area (Å²) in [6, 6.07) is 11.3. The van der Waals surface area contributed by atoms with Crippen LogP contribution < -0.4 is 21.0 Å². The Morgan fingerprint density at radius 3 is 2.61 bits per heavy atom. The Bertz CT molecular complexity index is 1570. The minimum absolute atomic E-state index is 0.0587. The number of carbonyl (C=O) groups is 2. The van der Waals surface area contributed by atoms with Gasteiger partial charge in [-0.15, -0.1) is 0 Å². The lowest BCUT2D eigenvalue weighted by molar-refractivity contribution is -0.120. The van der Waals surface area contributed by atoms with Crippen LogP contribution in [0.1, 0.15) is 23.2 Å². The first-order chi connectivity index (χ1) is 17.5. The summed E-state index contributed by atoms with van der Waals surface area (Å²) in [4.78, 5) is 48.2. The highest BCUT2D eigenvalue weighted by Crippen LogP contribution is 2.27. The first-order valence-corrected chi connectivity index (χ1v) is 12.5. The molecule has 2 saturated heterocycles. The van der Waals surface area contributed by atoms with Crippen LogP contribution in [0.5, 0.6) is 0 Å². The average Bonchev–Trinajstić information content (AvgIpc) is 3.51. The number of rotatable bonds is 5. The minimum atomic E-state index is -0.374. The Hall–Kier alpha value is -3.92. The van der Waals surface area contributed by atoms with E-state index in [4.69, 9.17) is 4.98 Å². The van der Waals surface area contributed by atoms with Crippen LogP contribution in [0.3, 0.4) is 0 Å². The number of nitrogens with one attached hydrogen (secondary N) is 2. The number of hydrogen-bond acceptors (Lipinski definition) is 6. The van der Waals surface area contributed by atoms with Crippen molar-refractivity contribution in [3.8, 4) is 0 Å². The molecule has 2 amide bonds. The van der Waals surface area contributed by atoms with Crippen molar-refractivity contribution >= 4 is 45.3 Å². The zero-order valence-corrected chi connectivity index (χ0v) is 20.3. The number of likely N-dealkylation sites (tertiary alicyclic amines) is 1. The minimum Gasteiger partial charge on any atom is -0.353 e. The second-order valence-corrected chi connectivity index (χ2v) is 9.53. The highest BCUT2D eigenvalue weighted by Gasteiger charge is 2.25. The summed E-state index contributed by atoms with van der Waals surface area (Å²) in [6.07, 6.45) is 2.38. The lowest BCUT2D eigenvalue weighted by Gasteiger charge is -2.27. The third-order valence-electron chi connectivity index (χ3n) is 7.28. The van der Waals surface area contributed by atoms with E-state index < -0.39 is 0 Å². The van der Waals surface area contributed by atoms with Gasteiger partial charge in [-0.25, -0.2) is 4.98 Å². The maximum atomic E-state index is 13.8. The van der Waals surface area contributed by atoms with Gasteiger partial charge in [0.25, 0.3) is 5.91 Å². The quantitative estimate of drug-likeness (QED) is 0.437. The van der Waals surface area contributed by atoms with Crippen LogP contribution in [0, 0.1) is 0 Å². The van der Waals surface area contributed by atoms with Crippen molar-refractivity contribution in [1.29, 1.82) is 0 Å². The van der Waals surface area contributed by atoms with Crippen LogP contribution in [0.4, 0.5) is 5.82 Å². The fourth-order valence-corrected chi connectivity index (χ4v) is 5.47. The zero-order chi connectivity index (χ0) is 24.8. The van der Waals surface area contributed by atoms with Crippen LogP contribution in [-0.4, -0.2) is 76.5 Å². The largest absolute Gasteiger partial charge is 0.353 e. The molecule has 0 bridgehead atoms. The molecule has 2 aliphatic rings. The molecule has 4 aromatic rings. The van der Waals surface area contributed by atoms with Crippen molar-refractivity contribution in [2.75, 3.05) is 50.7 Å². The standard InChI is InChI=1S/C26H29N7O3/c1-30-18-6-2-3-7-19(18)33-24-17(8-9-20(29-24)32-15-11-27-21(34)16-32)23(35)22(26(30)33)25(36)28-10-14-31-12-4-5-13-31/h2-3,6-9H,4-5,10-16H2,1H3,(H,27,34)(H,28,36). The van der Waals surface area contributed by atoms with Gasteiger partial charge >= 0.3 is 0 Å².